The van der Waals surface area contributed by atoms with Crippen LogP contribution < -0.4 is 4.74 Å². The zero-order valence-corrected chi connectivity index (χ0v) is 10.5. The van der Waals surface area contributed by atoms with Crippen LogP contribution in [0.4, 0.5) is 0 Å². The van der Waals surface area contributed by atoms with Gasteiger partial charge in [0.1, 0.15) is 11.8 Å². The fourth-order valence-corrected chi connectivity index (χ4v) is 1.77. The third kappa shape index (κ3) is 4.06. The monoisotopic (exact) mass is 234 g/mol. The van der Waals surface area contributed by atoms with Crippen LogP contribution >= 0.6 is 0 Å². The lowest BCUT2D eigenvalue weighted by atomic mass is 10.1. The van der Waals surface area contributed by atoms with Crippen LogP contribution in [-0.4, -0.2) is 36.8 Å². The van der Waals surface area contributed by atoms with Gasteiger partial charge in [0, 0.05) is 13.1 Å². The van der Waals surface area contributed by atoms with Crippen molar-refractivity contribution in [1.82, 2.24) is 4.90 Å². The summed E-state index contributed by atoms with van der Waals surface area (Å²) in [5.74, 6) is 0.592. The molecule has 0 aromatic heterocycles. The molecule has 1 unspecified atom stereocenters. The van der Waals surface area contributed by atoms with Crippen LogP contribution in [0.5, 0.6) is 5.75 Å². The van der Waals surface area contributed by atoms with Crippen LogP contribution in [0.15, 0.2) is 18.2 Å². The van der Waals surface area contributed by atoms with Crippen molar-refractivity contribution in [3.63, 3.8) is 0 Å². The third-order valence-corrected chi connectivity index (χ3v) is 2.41. The predicted molar refractivity (Wildman–Crippen MR) is 65.7 cm³/mol. The molecule has 92 valence electrons. The van der Waals surface area contributed by atoms with Gasteiger partial charge in [-0.15, -0.1) is 0 Å². The first kappa shape index (κ1) is 13.5. The Bertz CT molecular complexity index is 410. The van der Waals surface area contributed by atoms with Crippen molar-refractivity contribution in [3.05, 3.63) is 29.3 Å². The lowest BCUT2D eigenvalue weighted by Crippen LogP contribution is -2.26. The van der Waals surface area contributed by atoms with E-state index in [-0.39, 0.29) is 6.10 Å². The molecule has 0 amide bonds. The summed E-state index contributed by atoms with van der Waals surface area (Å²) < 4.78 is 5.08. The standard InChI is InChI=1S/C13H18N2O2/c1-10(16)8-15(2)9-11-4-5-13(17-3)12(6-11)7-14/h4-6,10,16H,8-9H2,1-3H3. The zero-order valence-electron chi connectivity index (χ0n) is 10.5. The molecule has 1 N–H and O–H groups in total. The second kappa shape index (κ2) is 6.24. The van der Waals surface area contributed by atoms with E-state index in [2.05, 4.69) is 6.07 Å². The number of rotatable bonds is 5. The molecular weight excluding hydrogens is 216 g/mol. The molecule has 0 aliphatic heterocycles. The number of aliphatic hydroxyl groups is 1. The Hall–Kier alpha value is -1.57. The predicted octanol–water partition coefficient (Wildman–Crippen LogP) is 1.38. The highest BCUT2D eigenvalue weighted by molar-refractivity contribution is 5.45. The summed E-state index contributed by atoms with van der Waals surface area (Å²) in [6.45, 7) is 3.06. The van der Waals surface area contributed by atoms with Gasteiger partial charge in [0.05, 0.1) is 18.8 Å². The highest BCUT2D eigenvalue weighted by Gasteiger charge is 2.07. The summed E-state index contributed by atoms with van der Waals surface area (Å²) in [7, 11) is 3.48. The van der Waals surface area contributed by atoms with Crippen molar-refractivity contribution in [2.75, 3.05) is 20.7 Å². The van der Waals surface area contributed by atoms with Gasteiger partial charge in [0.25, 0.3) is 0 Å². The maximum Gasteiger partial charge on any atom is 0.136 e. The van der Waals surface area contributed by atoms with E-state index in [0.717, 1.165) is 5.56 Å². The largest absolute Gasteiger partial charge is 0.495 e. The number of aliphatic hydroxyl groups excluding tert-OH is 1. The quantitative estimate of drug-likeness (QED) is 0.836. The van der Waals surface area contributed by atoms with Gasteiger partial charge >= 0.3 is 0 Å². The van der Waals surface area contributed by atoms with E-state index < -0.39 is 0 Å². The molecule has 4 nitrogen and oxygen atoms in total. The van der Waals surface area contributed by atoms with Crippen LogP contribution in [0.25, 0.3) is 0 Å². The summed E-state index contributed by atoms with van der Waals surface area (Å²) in [5, 5.41) is 18.2. The molecule has 0 fully saturated rings. The highest BCUT2D eigenvalue weighted by atomic mass is 16.5. The van der Waals surface area contributed by atoms with E-state index in [1.54, 1.807) is 20.1 Å². The van der Waals surface area contributed by atoms with Crippen LogP contribution in [0.2, 0.25) is 0 Å². The molecule has 1 atom stereocenters. The minimum Gasteiger partial charge on any atom is -0.495 e. The number of hydrogen-bond acceptors (Lipinski definition) is 4. The Morgan fingerprint density at radius 3 is 2.76 bits per heavy atom. The number of ether oxygens (including phenoxy) is 1. The maximum atomic E-state index is 9.27. The topological polar surface area (TPSA) is 56.5 Å². The smallest absolute Gasteiger partial charge is 0.136 e. The Morgan fingerprint density at radius 1 is 1.53 bits per heavy atom. The molecule has 1 aromatic carbocycles. The molecule has 0 aliphatic rings. The van der Waals surface area contributed by atoms with Crippen LogP contribution in [0.3, 0.4) is 0 Å². The van der Waals surface area contributed by atoms with Crippen molar-refractivity contribution in [2.45, 2.75) is 19.6 Å². The molecule has 0 saturated heterocycles. The molecule has 0 spiro atoms. The summed E-state index contributed by atoms with van der Waals surface area (Å²) >= 11 is 0. The van der Waals surface area contributed by atoms with Gasteiger partial charge in [0.15, 0.2) is 0 Å². The fraction of sp³-hybridized carbons (Fsp3) is 0.462. The minimum absolute atomic E-state index is 0.353. The number of likely N-dealkylation sites (N-methyl/N-ethyl adjacent to an activating group) is 1. The van der Waals surface area contributed by atoms with E-state index in [0.29, 0.717) is 24.4 Å². The van der Waals surface area contributed by atoms with Crippen molar-refractivity contribution >= 4 is 0 Å². The fourth-order valence-electron chi connectivity index (χ4n) is 1.77. The van der Waals surface area contributed by atoms with Crippen LogP contribution in [0, 0.1) is 11.3 Å². The zero-order chi connectivity index (χ0) is 12.8. The van der Waals surface area contributed by atoms with Gasteiger partial charge in [-0.2, -0.15) is 5.26 Å². The Kier molecular flexibility index (Phi) is 4.95. The van der Waals surface area contributed by atoms with E-state index >= 15 is 0 Å². The van der Waals surface area contributed by atoms with Gasteiger partial charge in [-0.25, -0.2) is 0 Å². The highest BCUT2D eigenvalue weighted by Crippen LogP contribution is 2.19. The Labute approximate surface area is 102 Å². The number of nitriles is 1. The summed E-state index contributed by atoms with van der Waals surface area (Å²) in [6.07, 6.45) is -0.353. The van der Waals surface area contributed by atoms with Crippen molar-refractivity contribution in [3.8, 4) is 11.8 Å². The van der Waals surface area contributed by atoms with Gasteiger partial charge in [0.2, 0.25) is 0 Å². The van der Waals surface area contributed by atoms with E-state index in [9.17, 15) is 5.11 Å². The number of benzene rings is 1. The molecule has 0 radical (unpaired) electrons. The van der Waals surface area contributed by atoms with E-state index in [4.69, 9.17) is 10.00 Å². The van der Waals surface area contributed by atoms with Crippen molar-refractivity contribution in [2.24, 2.45) is 0 Å². The summed E-state index contributed by atoms with van der Waals surface area (Å²) in [5.41, 5.74) is 1.57. The second-order valence-corrected chi connectivity index (χ2v) is 4.19. The SMILES string of the molecule is COc1ccc(CN(C)CC(C)O)cc1C#N. The average molecular weight is 234 g/mol. The Balaban J connectivity index is 2.76. The lowest BCUT2D eigenvalue weighted by molar-refractivity contribution is 0.138. The molecule has 4 heteroatoms. The number of hydrogen-bond donors (Lipinski definition) is 1. The van der Waals surface area contributed by atoms with Crippen molar-refractivity contribution < 1.29 is 9.84 Å². The molecule has 0 saturated carbocycles. The average Bonchev–Trinajstić information content (AvgIpc) is 2.27. The van der Waals surface area contributed by atoms with Gasteiger partial charge in [-0.05, 0) is 31.7 Å². The number of nitrogens with zero attached hydrogens (tertiary/aromatic N) is 2. The maximum absolute atomic E-state index is 9.27. The third-order valence-electron chi connectivity index (χ3n) is 2.41. The van der Waals surface area contributed by atoms with E-state index in [1.807, 2.05) is 24.1 Å². The normalized spacial score (nSPS) is 12.2. The molecule has 0 aliphatic carbocycles. The first-order chi connectivity index (χ1) is 8.06. The first-order valence-electron chi connectivity index (χ1n) is 5.50. The minimum atomic E-state index is -0.353. The molecule has 0 heterocycles. The van der Waals surface area contributed by atoms with E-state index in [1.165, 1.54) is 0 Å². The first-order valence-corrected chi connectivity index (χ1v) is 5.50. The summed E-state index contributed by atoms with van der Waals surface area (Å²) in [4.78, 5) is 2.01. The molecular formula is C13H18N2O2. The van der Waals surface area contributed by atoms with Gasteiger partial charge in [-0.3, -0.25) is 4.90 Å². The number of methoxy groups -OCH3 is 1. The van der Waals surface area contributed by atoms with Gasteiger partial charge < -0.3 is 9.84 Å². The molecule has 17 heavy (non-hydrogen) atoms. The second-order valence-electron chi connectivity index (χ2n) is 4.19. The Morgan fingerprint density at radius 2 is 2.24 bits per heavy atom. The van der Waals surface area contributed by atoms with Gasteiger partial charge in [-0.1, -0.05) is 6.07 Å². The molecule has 0 bridgehead atoms. The molecule has 1 aromatic rings. The van der Waals surface area contributed by atoms with Crippen molar-refractivity contribution in [1.29, 1.82) is 5.26 Å². The summed E-state index contributed by atoms with van der Waals surface area (Å²) in [6, 6.07) is 7.65. The lowest BCUT2D eigenvalue weighted by Gasteiger charge is -2.18. The van der Waals surface area contributed by atoms with Crippen LogP contribution in [-0.2, 0) is 6.54 Å². The van der Waals surface area contributed by atoms with Crippen LogP contribution in [0.1, 0.15) is 18.1 Å². The molecule has 1 rings (SSSR count).